The molecule has 2 fully saturated rings. The molecule has 2 aromatic rings. The summed E-state index contributed by atoms with van der Waals surface area (Å²) in [5.74, 6) is 3.04. The van der Waals surface area contributed by atoms with Crippen molar-refractivity contribution in [1.29, 1.82) is 0 Å². The highest BCUT2D eigenvalue weighted by Gasteiger charge is 2.34. The number of aromatic nitrogens is 2. The van der Waals surface area contributed by atoms with Gasteiger partial charge in [0.15, 0.2) is 0 Å². The van der Waals surface area contributed by atoms with Gasteiger partial charge in [0.25, 0.3) is 0 Å². The third kappa shape index (κ3) is 4.39. The molecular formula is C25H35N3OS2. The van der Waals surface area contributed by atoms with Gasteiger partial charge in [0.2, 0.25) is 5.91 Å². The second-order valence-corrected chi connectivity index (χ2v) is 12.9. The number of thiophene rings is 1. The molecule has 4 nitrogen and oxygen atoms in total. The van der Waals surface area contributed by atoms with Gasteiger partial charge in [-0.1, -0.05) is 32.5 Å². The van der Waals surface area contributed by atoms with Crippen LogP contribution in [0.25, 0.3) is 10.2 Å². The van der Waals surface area contributed by atoms with Crippen molar-refractivity contribution in [2.24, 2.45) is 11.3 Å². The third-order valence-corrected chi connectivity index (χ3v) is 9.62. The first-order chi connectivity index (χ1) is 14.8. The number of hydrogen-bond acceptors (Lipinski definition) is 5. The second-order valence-electron chi connectivity index (χ2n) is 10.9. The average Bonchev–Trinajstić information content (AvgIpc) is 3.51. The van der Waals surface area contributed by atoms with Crippen LogP contribution >= 0.6 is 23.1 Å². The number of likely N-dealkylation sites (tertiary alicyclic amines) is 1. The molecule has 0 N–H and O–H groups in total. The molecule has 1 aliphatic heterocycles. The van der Waals surface area contributed by atoms with Crippen LogP contribution in [0.15, 0.2) is 5.03 Å². The van der Waals surface area contributed by atoms with Gasteiger partial charge in [-0.05, 0) is 75.2 Å². The molecule has 2 aliphatic carbocycles. The molecule has 1 saturated carbocycles. The van der Waals surface area contributed by atoms with Crippen molar-refractivity contribution in [3.05, 3.63) is 16.3 Å². The van der Waals surface area contributed by atoms with Crippen LogP contribution in [0, 0.1) is 11.3 Å². The smallest absolute Gasteiger partial charge is 0.233 e. The standard InChI is InChI=1S/C25H35N3OS2/c1-15-7-5-6-12-28(15)20(29)14-30-23-21-18-11-10-17(25(2,3)4)13-19(18)31-24(21)27-22(26-23)16-8-9-16/h15-17H,5-14H2,1-4H3/t15-,17+/m1/s1. The summed E-state index contributed by atoms with van der Waals surface area (Å²) in [7, 11) is 0. The maximum Gasteiger partial charge on any atom is 0.233 e. The predicted molar refractivity (Wildman–Crippen MR) is 130 cm³/mol. The van der Waals surface area contributed by atoms with E-state index in [4.69, 9.17) is 9.97 Å². The largest absolute Gasteiger partial charge is 0.339 e. The van der Waals surface area contributed by atoms with E-state index in [-0.39, 0.29) is 5.91 Å². The fraction of sp³-hybridized carbons (Fsp3) is 0.720. The van der Waals surface area contributed by atoms with E-state index in [1.165, 1.54) is 41.5 Å². The van der Waals surface area contributed by atoms with E-state index in [1.54, 1.807) is 11.8 Å². The average molecular weight is 458 g/mol. The van der Waals surface area contributed by atoms with Crippen molar-refractivity contribution >= 4 is 39.2 Å². The van der Waals surface area contributed by atoms with E-state index in [9.17, 15) is 4.79 Å². The summed E-state index contributed by atoms with van der Waals surface area (Å²) in [4.78, 5) is 27.8. The van der Waals surface area contributed by atoms with Crippen molar-refractivity contribution in [2.45, 2.75) is 96.0 Å². The molecule has 3 aliphatic rings. The Kier molecular flexibility index (Phi) is 5.83. The lowest BCUT2D eigenvalue weighted by molar-refractivity contribution is -0.131. The van der Waals surface area contributed by atoms with Crippen molar-refractivity contribution in [3.63, 3.8) is 0 Å². The summed E-state index contributed by atoms with van der Waals surface area (Å²) < 4.78 is 0. The Morgan fingerprint density at radius 2 is 1.97 bits per heavy atom. The van der Waals surface area contributed by atoms with Crippen molar-refractivity contribution in [1.82, 2.24) is 14.9 Å². The molecule has 0 spiro atoms. The fourth-order valence-corrected chi connectivity index (χ4v) is 7.53. The summed E-state index contributed by atoms with van der Waals surface area (Å²) in [6.45, 7) is 10.2. The number of carbonyl (C=O) groups excluding carboxylic acids is 1. The fourth-order valence-electron chi connectivity index (χ4n) is 5.21. The van der Waals surface area contributed by atoms with E-state index < -0.39 is 0 Å². The van der Waals surface area contributed by atoms with Crippen LogP contribution in [0.1, 0.15) is 88.4 Å². The SMILES string of the molecule is C[C@@H]1CCCCN1C(=O)CSc1nc(C2CC2)nc2sc3c(c12)CC[C@H](C(C)(C)C)C3. The molecule has 0 radical (unpaired) electrons. The van der Waals surface area contributed by atoms with Gasteiger partial charge in [-0.25, -0.2) is 9.97 Å². The maximum absolute atomic E-state index is 13.0. The molecule has 5 rings (SSSR count). The first-order valence-corrected chi connectivity index (χ1v) is 13.9. The van der Waals surface area contributed by atoms with Gasteiger partial charge >= 0.3 is 0 Å². The number of fused-ring (bicyclic) bond motifs is 3. The number of carbonyl (C=O) groups is 1. The third-order valence-electron chi connectivity index (χ3n) is 7.52. The van der Waals surface area contributed by atoms with E-state index in [0.29, 0.717) is 23.1 Å². The molecular weight excluding hydrogens is 422 g/mol. The normalized spacial score (nSPS) is 24.5. The van der Waals surface area contributed by atoms with Crippen LogP contribution in [-0.4, -0.2) is 39.1 Å². The lowest BCUT2D eigenvalue weighted by Crippen LogP contribution is -2.42. The first kappa shape index (κ1) is 21.7. The van der Waals surface area contributed by atoms with Gasteiger partial charge in [0.1, 0.15) is 15.7 Å². The summed E-state index contributed by atoms with van der Waals surface area (Å²) >= 11 is 3.56. The van der Waals surface area contributed by atoms with Crippen LogP contribution in [-0.2, 0) is 17.6 Å². The Morgan fingerprint density at radius 3 is 2.68 bits per heavy atom. The number of amides is 1. The van der Waals surface area contributed by atoms with Crippen LogP contribution < -0.4 is 0 Å². The van der Waals surface area contributed by atoms with Crippen LogP contribution in [0.2, 0.25) is 0 Å². The van der Waals surface area contributed by atoms with E-state index in [0.717, 1.165) is 53.8 Å². The lowest BCUT2D eigenvalue weighted by atomic mass is 9.72. The number of nitrogens with zero attached hydrogens (tertiary/aromatic N) is 3. The maximum atomic E-state index is 13.0. The zero-order chi connectivity index (χ0) is 21.8. The molecule has 0 unspecified atom stereocenters. The highest BCUT2D eigenvalue weighted by molar-refractivity contribution is 8.00. The molecule has 2 atom stereocenters. The molecule has 0 aromatic carbocycles. The van der Waals surface area contributed by atoms with Crippen LogP contribution in [0.5, 0.6) is 0 Å². The second kappa shape index (κ2) is 8.33. The Balaban J connectivity index is 1.44. The van der Waals surface area contributed by atoms with Crippen molar-refractivity contribution in [2.75, 3.05) is 12.3 Å². The minimum atomic E-state index is 0.272. The summed E-state index contributed by atoms with van der Waals surface area (Å²) in [6.07, 6.45) is 9.44. The summed E-state index contributed by atoms with van der Waals surface area (Å²) in [5, 5.41) is 2.33. The van der Waals surface area contributed by atoms with E-state index >= 15 is 0 Å². The van der Waals surface area contributed by atoms with Crippen LogP contribution in [0.3, 0.4) is 0 Å². The van der Waals surface area contributed by atoms with Gasteiger partial charge in [-0.2, -0.15) is 0 Å². The number of hydrogen-bond donors (Lipinski definition) is 0. The zero-order valence-electron chi connectivity index (χ0n) is 19.4. The van der Waals surface area contributed by atoms with E-state index in [1.807, 2.05) is 11.3 Å². The Morgan fingerprint density at radius 1 is 1.16 bits per heavy atom. The minimum Gasteiger partial charge on any atom is -0.339 e. The topological polar surface area (TPSA) is 46.1 Å². The number of rotatable bonds is 4. The van der Waals surface area contributed by atoms with E-state index in [2.05, 4.69) is 32.6 Å². The highest BCUT2D eigenvalue weighted by atomic mass is 32.2. The van der Waals surface area contributed by atoms with Gasteiger partial charge in [-0.15, -0.1) is 11.3 Å². The molecule has 31 heavy (non-hydrogen) atoms. The first-order valence-electron chi connectivity index (χ1n) is 12.1. The predicted octanol–water partition coefficient (Wildman–Crippen LogP) is 6.21. The monoisotopic (exact) mass is 457 g/mol. The van der Waals surface area contributed by atoms with Gasteiger partial charge < -0.3 is 4.90 Å². The Hall–Kier alpha value is -1.14. The summed E-state index contributed by atoms with van der Waals surface area (Å²) in [5.41, 5.74) is 1.82. The molecule has 3 heterocycles. The summed E-state index contributed by atoms with van der Waals surface area (Å²) in [6, 6.07) is 0.373. The minimum absolute atomic E-state index is 0.272. The van der Waals surface area contributed by atoms with Gasteiger partial charge in [0.05, 0.1) is 5.75 Å². The number of aryl methyl sites for hydroxylation is 1. The molecule has 1 saturated heterocycles. The molecule has 2 aromatic heterocycles. The highest BCUT2D eigenvalue weighted by Crippen LogP contribution is 2.46. The molecule has 0 bridgehead atoms. The number of piperidine rings is 1. The Bertz CT molecular complexity index is 989. The van der Waals surface area contributed by atoms with Gasteiger partial charge in [0, 0.05) is 28.8 Å². The number of thioether (sulfide) groups is 1. The lowest BCUT2D eigenvalue weighted by Gasteiger charge is -2.34. The van der Waals surface area contributed by atoms with Crippen molar-refractivity contribution in [3.8, 4) is 0 Å². The Labute approximate surface area is 194 Å². The van der Waals surface area contributed by atoms with Crippen LogP contribution in [0.4, 0.5) is 0 Å². The van der Waals surface area contributed by atoms with Crippen molar-refractivity contribution < 1.29 is 4.79 Å². The molecule has 6 heteroatoms. The molecule has 168 valence electrons. The quantitative estimate of drug-likeness (QED) is 0.404. The van der Waals surface area contributed by atoms with Gasteiger partial charge in [-0.3, -0.25) is 4.79 Å². The zero-order valence-corrected chi connectivity index (χ0v) is 21.0. The molecule has 1 amide bonds.